The van der Waals surface area contributed by atoms with Gasteiger partial charge in [-0.1, -0.05) is 54.6 Å². The van der Waals surface area contributed by atoms with Crippen LogP contribution in [0.15, 0.2) is 102 Å². The van der Waals surface area contributed by atoms with Crippen LogP contribution < -0.4 is 14.2 Å². The molecule has 0 unspecified atom stereocenters. The number of ether oxygens (including phenoxy) is 2. The van der Waals surface area contributed by atoms with Crippen LogP contribution in [0.5, 0.6) is 11.5 Å². The van der Waals surface area contributed by atoms with Gasteiger partial charge in [-0.3, -0.25) is 0 Å². The van der Waals surface area contributed by atoms with Crippen LogP contribution >= 0.6 is 0 Å². The van der Waals surface area contributed by atoms with Crippen LogP contribution in [0.2, 0.25) is 0 Å². The first-order valence-corrected chi connectivity index (χ1v) is 15.3. The molecular weight excluding hydrogens is 703 g/mol. The van der Waals surface area contributed by atoms with Crippen molar-refractivity contribution in [3.63, 3.8) is 0 Å². The van der Waals surface area contributed by atoms with Crippen molar-refractivity contribution in [3.05, 3.63) is 125 Å². The summed E-state index contributed by atoms with van der Waals surface area (Å²) in [6.45, 7) is -0.674. The van der Waals surface area contributed by atoms with E-state index in [1.165, 1.54) is 24.3 Å². The SMILES string of the molecule is CC(F)(F)c1cc(C(F)(F)F)cc(S(=O)(=O)NCC(Cc2ccccc2)(c2cccc(OC(F)(F)F)c2)c2cccc(OC(F)(F)F)c2)c1. The third-order valence-corrected chi connectivity index (χ3v) is 8.58. The zero-order chi connectivity index (χ0) is 36.5. The topological polar surface area (TPSA) is 64.6 Å². The van der Waals surface area contributed by atoms with Crippen molar-refractivity contribution in [3.8, 4) is 11.5 Å². The minimum Gasteiger partial charge on any atom is -0.406 e. The maximum atomic E-state index is 14.2. The average Bonchev–Trinajstić information content (AvgIpc) is 2.97. The second kappa shape index (κ2) is 13.5. The summed E-state index contributed by atoms with van der Waals surface area (Å²) in [5.74, 6) is -5.50. The van der Waals surface area contributed by atoms with Crippen molar-refractivity contribution in [2.45, 2.75) is 48.5 Å². The number of nitrogens with one attached hydrogen (secondary N) is 1. The molecule has 4 rings (SSSR count). The molecule has 0 amide bonds. The standard InChI is InChI=1S/C32H24F11NO4S/c1-28(33,34)23-13-24(30(35,36)37)17-27(16-23)49(45,46)44-19-29(18-20-7-3-2-4-8-20,21-9-5-11-25(14-21)47-31(38,39)40)22-10-6-12-26(15-22)48-32(41,42)43/h2-17,44H,18-19H2,1H3. The van der Waals surface area contributed by atoms with Gasteiger partial charge in [0.25, 0.3) is 5.92 Å². The van der Waals surface area contributed by atoms with Crippen LogP contribution in [0.1, 0.15) is 34.7 Å². The van der Waals surface area contributed by atoms with Crippen molar-refractivity contribution in [1.82, 2.24) is 4.72 Å². The van der Waals surface area contributed by atoms with Crippen LogP contribution in [0.3, 0.4) is 0 Å². The number of hydrogen-bond donors (Lipinski definition) is 1. The van der Waals surface area contributed by atoms with Crippen LogP contribution in [0.4, 0.5) is 48.3 Å². The molecule has 0 aromatic heterocycles. The monoisotopic (exact) mass is 727 g/mol. The van der Waals surface area contributed by atoms with Gasteiger partial charge in [0, 0.05) is 24.4 Å². The predicted molar refractivity (Wildman–Crippen MR) is 153 cm³/mol. The maximum Gasteiger partial charge on any atom is 0.573 e. The summed E-state index contributed by atoms with van der Waals surface area (Å²) in [6, 6.07) is 16.5. The first-order valence-electron chi connectivity index (χ1n) is 13.8. The molecule has 0 bridgehead atoms. The van der Waals surface area contributed by atoms with E-state index in [4.69, 9.17) is 0 Å². The zero-order valence-electron chi connectivity index (χ0n) is 24.9. The Labute approximate surface area is 272 Å². The normalized spacial score (nSPS) is 13.3. The lowest BCUT2D eigenvalue weighted by Crippen LogP contribution is -2.43. The Morgan fingerprint density at radius 3 is 1.53 bits per heavy atom. The van der Waals surface area contributed by atoms with Gasteiger partial charge in [-0.25, -0.2) is 21.9 Å². The van der Waals surface area contributed by atoms with E-state index in [2.05, 4.69) is 14.2 Å². The smallest absolute Gasteiger partial charge is 0.406 e. The minimum absolute atomic E-state index is 0.0804. The van der Waals surface area contributed by atoms with Crippen LogP contribution in [0.25, 0.3) is 0 Å². The highest BCUT2D eigenvalue weighted by molar-refractivity contribution is 7.89. The molecule has 5 nitrogen and oxygen atoms in total. The number of sulfonamides is 1. The van der Waals surface area contributed by atoms with Gasteiger partial charge in [-0.15, -0.1) is 26.3 Å². The molecule has 0 saturated carbocycles. The van der Waals surface area contributed by atoms with Crippen LogP contribution in [-0.4, -0.2) is 27.7 Å². The summed E-state index contributed by atoms with van der Waals surface area (Å²) in [6.07, 6.45) is -16.0. The highest BCUT2D eigenvalue weighted by atomic mass is 32.2. The molecular formula is C32H24F11NO4S. The van der Waals surface area contributed by atoms with Crippen molar-refractivity contribution < 1.29 is 66.2 Å². The Hall–Kier alpha value is -4.38. The molecule has 0 aliphatic carbocycles. The van der Waals surface area contributed by atoms with E-state index in [9.17, 15) is 56.7 Å². The van der Waals surface area contributed by atoms with Crippen molar-refractivity contribution >= 4 is 10.0 Å². The van der Waals surface area contributed by atoms with Gasteiger partial charge in [0.05, 0.1) is 10.5 Å². The molecule has 17 heteroatoms. The van der Waals surface area contributed by atoms with Crippen LogP contribution in [-0.2, 0) is 34.0 Å². The highest BCUT2D eigenvalue weighted by Gasteiger charge is 2.40. The molecule has 264 valence electrons. The van der Waals surface area contributed by atoms with Crippen molar-refractivity contribution in [2.75, 3.05) is 6.54 Å². The van der Waals surface area contributed by atoms with E-state index in [1.54, 1.807) is 18.2 Å². The molecule has 0 heterocycles. The molecule has 0 fully saturated rings. The molecule has 0 aliphatic rings. The quantitative estimate of drug-likeness (QED) is 0.157. The first kappa shape index (κ1) is 37.4. The molecule has 0 atom stereocenters. The van der Waals surface area contributed by atoms with Gasteiger partial charge < -0.3 is 9.47 Å². The van der Waals surface area contributed by atoms with E-state index in [-0.39, 0.29) is 36.6 Å². The fourth-order valence-electron chi connectivity index (χ4n) is 5.04. The van der Waals surface area contributed by atoms with E-state index < -0.39 is 74.3 Å². The summed E-state index contributed by atoms with van der Waals surface area (Å²) >= 11 is 0. The van der Waals surface area contributed by atoms with E-state index in [0.29, 0.717) is 11.6 Å². The summed E-state index contributed by atoms with van der Waals surface area (Å²) in [7, 11) is -5.15. The third kappa shape index (κ3) is 9.84. The van der Waals surface area contributed by atoms with Crippen molar-refractivity contribution in [2.24, 2.45) is 0 Å². The summed E-state index contributed by atoms with van der Waals surface area (Å²) in [4.78, 5) is -1.23. The van der Waals surface area contributed by atoms with Crippen LogP contribution in [0, 0.1) is 0 Å². The van der Waals surface area contributed by atoms with Gasteiger partial charge in [-0.05, 0) is 65.6 Å². The molecule has 0 spiro atoms. The average molecular weight is 728 g/mol. The molecule has 4 aromatic rings. The van der Waals surface area contributed by atoms with E-state index in [1.807, 2.05) is 0 Å². The molecule has 1 N–H and O–H groups in total. The zero-order valence-corrected chi connectivity index (χ0v) is 25.7. The van der Waals surface area contributed by atoms with Gasteiger partial charge >= 0.3 is 18.9 Å². The Morgan fingerprint density at radius 1 is 0.592 bits per heavy atom. The summed E-state index contributed by atoms with van der Waals surface area (Å²) < 4.78 is 186. The molecule has 49 heavy (non-hydrogen) atoms. The lowest BCUT2D eigenvalue weighted by Gasteiger charge is -2.36. The van der Waals surface area contributed by atoms with Gasteiger partial charge in [0.15, 0.2) is 0 Å². The molecule has 0 aliphatic heterocycles. The number of benzene rings is 4. The summed E-state index contributed by atoms with van der Waals surface area (Å²) in [5.41, 5.74) is -4.84. The number of hydrogen-bond acceptors (Lipinski definition) is 4. The Kier molecular flexibility index (Phi) is 10.3. The largest absolute Gasteiger partial charge is 0.573 e. The Bertz CT molecular complexity index is 1780. The Balaban J connectivity index is 1.95. The predicted octanol–water partition coefficient (Wildman–Crippen LogP) is 9.12. The van der Waals surface area contributed by atoms with Gasteiger partial charge in [0.2, 0.25) is 10.0 Å². The fraction of sp³-hybridized carbons (Fsp3) is 0.250. The first-order chi connectivity index (χ1) is 22.5. The molecule has 0 radical (unpaired) electrons. The maximum absolute atomic E-state index is 14.2. The molecule has 4 aromatic carbocycles. The molecule has 0 saturated heterocycles. The third-order valence-electron chi connectivity index (χ3n) is 7.20. The van der Waals surface area contributed by atoms with Crippen molar-refractivity contribution in [1.29, 1.82) is 0 Å². The fourth-order valence-corrected chi connectivity index (χ4v) is 6.20. The summed E-state index contributed by atoms with van der Waals surface area (Å²) in [5, 5.41) is 0. The number of halogens is 11. The lowest BCUT2D eigenvalue weighted by atomic mass is 9.70. The van der Waals surface area contributed by atoms with Gasteiger partial charge in [0.1, 0.15) is 11.5 Å². The number of alkyl halides is 11. The lowest BCUT2D eigenvalue weighted by molar-refractivity contribution is -0.275. The van der Waals surface area contributed by atoms with E-state index in [0.717, 1.165) is 36.4 Å². The Morgan fingerprint density at radius 2 is 1.08 bits per heavy atom. The highest BCUT2D eigenvalue weighted by Crippen LogP contribution is 2.41. The minimum atomic E-state index is -5.25. The van der Waals surface area contributed by atoms with E-state index >= 15 is 0 Å². The van der Waals surface area contributed by atoms with Gasteiger partial charge in [-0.2, -0.15) is 13.2 Å². The second-order valence-electron chi connectivity index (χ2n) is 10.9. The second-order valence-corrected chi connectivity index (χ2v) is 12.6. The number of rotatable bonds is 11.